The molecule has 1 aliphatic rings. The summed E-state index contributed by atoms with van der Waals surface area (Å²) in [7, 11) is 1.85. The molecule has 0 spiro atoms. The van der Waals surface area contributed by atoms with E-state index in [2.05, 4.69) is 4.90 Å². The molecule has 1 fully saturated rings. The summed E-state index contributed by atoms with van der Waals surface area (Å²) >= 11 is 0. The maximum atomic E-state index is 11.7. The predicted octanol–water partition coefficient (Wildman–Crippen LogP) is 1.09. The number of hydrogen-bond donors (Lipinski definition) is 1. The molecule has 2 unspecified atom stereocenters. The van der Waals surface area contributed by atoms with E-state index in [0.29, 0.717) is 12.5 Å². The van der Waals surface area contributed by atoms with Crippen molar-refractivity contribution in [1.29, 1.82) is 0 Å². The lowest BCUT2D eigenvalue weighted by Crippen LogP contribution is -2.36. The van der Waals surface area contributed by atoms with Crippen LogP contribution >= 0.6 is 0 Å². The quantitative estimate of drug-likeness (QED) is 0.758. The van der Waals surface area contributed by atoms with Gasteiger partial charge in [-0.3, -0.25) is 9.69 Å². The van der Waals surface area contributed by atoms with Gasteiger partial charge in [-0.25, -0.2) is 0 Å². The smallest absolute Gasteiger partial charge is 0.223 e. The lowest BCUT2D eigenvalue weighted by molar-refractivity contribution is -0.130. The van der Waals surface area contributed by atoms with Crippen LogP contribution in [0.3, 0.4) is 0 Å². The van der Waals surface area contributed by atoms with Gasteiger partial charge in [-0.1, -0.05) is 0 Å². The van der Waals surface area contributed by atoms with E-state index < -0.39 is 0 Å². The van der Waals surface area contributed by atoms with Crippen molar-refractivity contribution in [2.45, 2.75) is 51.7 Å². The van der Waals surface area contributed by atoms with E-state index >= 15 is 0 Å². The van der Waals surface area contributed by atoms with Crippen molar-refractivity contribution in [3.63, 3.8) is 0 Å². The van der Waals surface area contributed by atoms with E-state index in [9.17, 15) is 9.90 Å². The number of aliphatic hydroxyl groups excluding tert-OH is 1. The largest absolute Gasteiger partial charge is 0.393 e. The molecule has 0 aliphatic carbocycles. The Kier molecular flexibility index (Phi) is 5.92. The van der Waals surface area contributed by atoms with E-state index in [4.69, 9.17) is 0 Å². The zero-order chi connectivity index (χ0) is 12.8. The van der Waals surface area contributed by atoms with Crippen molar-refractivity contribution in [3.05, 3.63) is 0 Å². The molecule has 0 saturated carbocycles. The Morgan fingerprint density at radius 3 is 2.88 bits per heavy atom. The molecule has 0 aromatic carbocycles. The first-order valence-electron chi connectivity index (χ1n) is 6.70. The molecular formula is C13H26N2O2. The number of aliphatic hydroxyl groups is 1. The van der Waals surface area contributed by atoms with Crippen LogP contribution in [0, 0.1) is 0 Å². The fourth-order valence-corrected chi connectivity index (χ4v) is 2.46. The molecule has 0 radical (unpaired) electrons. The molecule has 4 heteroatoms. The van der Waals surface area contributed by atoms with Crippen molar-refractivity contribution >= 4 is 5.91 Å². The molecule has 1 rings (SSSR count). The van der Waals surface area contributed by atoms with E-state index in [1.165, 1.54) is 6.42 Å². The minimum absolute atomic E-state index is 0.218. The highest BCUT2D eigenvalue weighted by Crippen LogP contribution is 2.21. The topological polar surface area (TPSA) is 43.8 Å². The van der Waals surface area contributed by atoms with Crippen molar-refractivity contribution in [2.75, 3.05) is 26.7 Å². The fraction of sp³-hybridized carbons (Fsp3) is 0.923. The first-order chi connectivity index (χ1) is 8.04. The molecule has 1 amide bonds. The van der Waals surface area contributed by atoms with Crippen LogP contribution < -0.4 is 0 Å². The lowest BCUT2D eigenvalue weighted by atomic mass is 10.1. The summed E-state index contributed by atoms with van der Waals surface area (Å²) in [4.78, 5) is 15.8. The highest BCUT2D eigenvalue weighted by molar-refractivity contribution is 5.75. The number of hydrogen-bond acceptors (Lipinski definition) is 3. The first kappa shape index (κ1) is 14.5. The molecule has 0 aromatic heterocycles. The Hall–Kier alpha value is -0.610. The molecule has 4 nitrogen and oxygen atoms in total. The number of amides is 1. The number of nitrogens with zero attached hydrogens (tertiary/aromatic N) is 2. The van der Waals surface area contributed by atoms with E-state index in [0.717, 1.165) is 32.5 Å². The van der Waals surface area contributed by atoms with Gasteiger partial charge in [0.15, 0.2) is 0 Å². The van der Waals surface area contributed by atoms with Crippen molar-refractivity contribution in [3.8, 4) is 0 Å². The minimum Gasteiger partial charge on any atom is -0.393 e. The maximum Gasteiger partial charge on any atom is 0.223 e. The monoisotopic (exact) mass is 242 g/mol. The standard InChI is InChI=1S/C13H26N2O2/c1-4-14(3)13(17)7-9-15-8-5-6-12(15)10-11(2)16/h11-12,16H,4-10H2,1-3H3. The maximum absolute atomic E-state index is 11.7. The van der Waals surface area contributed by atoms with Gasteiger partial charge in [-0.2, -0.15) is 0 Å². The predicted molar refractivity (Wildman–Crippen MR) is 68.8 cm³/mol. The second-order valence-corrected chi connectivity index (χ2v) is 5.07. The normalized spacial score (nSPS) is 22.7. The van der Waals surface area contributed by atoms with Crippen LogP contribution in [-0.2, 0) is 4.79 Å². The van der Waals surface area contributed by atoms with Gasteiger partial charge in [0.25, 0.3) is 0 Å². The molecule has 0 bridgehead atoms. The third-order valence-electron chi connectivity index (χ3n) is 3.63. The molecule has 2 atom stereocenters. The zero-order valence-corrected chi connectivity index (χ0v) is 11.4. The Bertz CT molecular complexity index is 244. The average molecular weight is 242 g/mol. The van der Waals surface area contributed by atoms with E-state index in [1.807, 2.05) is 20.9 Å². The highest BCUT2D eigenvalue weighted by atomic mass is 16.3. The van der Waals surface area contributed by atoms with Crippen LogP contribution in [0.5, 0.6) is 0 Å². The Labute approximate surface area is 105 Å². The SMILES string of the molecule is CCN(C)C(=O)CCN1CCCC1CC(C)O. The molecule has 17 heavy (non-hydrogen) atoms. The van der Waals surface area contributed by atoms with Gasteiger partial charge in [-0.05, 0) is 39.7 Å². The van der Waals surface area contributed by atoms with Gasteiger partial charge < -0.3 is 10.0 Å². The van der Waals surface area contributed by atoms with Gasteiger partial charge in [0, 0.05) is 32.6 Å². The second-order valence-electron chi connectivity index (χ2n) is 5.07. The van der Waals surface area contributed by atoms with Crippen LogP contribution in [0.25, 0.3) is 0 Å². The average Bonchev–Trinajstić information content (AvgIpc) is 2.71. The van der Waals surface area contributed by atoms with Gasteiger partial charge in [0.1, 0.15) is 0 Å². The van der Waals surface area contributed by atoms with Crippen LogP contribution in [-0.4, -0.2) is 59.6 Å². The van der Waals surface area contributed by atoms with E-state index in [-0.39, 0.29) is 12.0 Å². The minimum atomic E-state index is -0.241. The Balaban J connectivity index is 2.32. The Morgan fingerprint density at radius 1 is 1.59 bits per heavy atom. The summed E-state index contributed by atoms with van der Waals surface area (Å²) in [5, 5.41) is 9.43. The second kappa shape index (κ2) is 6.97. The lowest BCUT2D eigenvalue weighted by Gasteiger charge is -2.26. The number of rotatable bonds is 6. The number of carbonyl (C=O) groups excluding carboxylic acids is 1. The number of carbonyl (C=O) groups is 1. The van der Waals surface area contributed by atoms with Crippen LogP contribution in [0.15, 0.2) is 0 Å². The van der Waals surface area contributed by atoms with Crippen molar-refractivity contribution < 1.29 is 9.90 Å². The third kappa shape index (κ3) is 4.64. The van der Waals surface area contributed by atoms with Crippen molar-refractivity contribution in [1.82, 2.24) is 9.80 Å². The van der Waals surface area contributed by atoms with Crippen molar-refractivity contribution in [2.24, 2.45) is 0 Å². The van der Waals surface area contributed by atoms with Crippen LogP contribution in [0.1, 0.15) is 39.5 Å². The molecule has 1 aliphatic heterocycles. The fourth-order valence-electron chi connectivity index (χ4n) is 2.46. The van der Waals surface area contributed by atoms with Gasteiger partial charge in [-0.15, -0.1) is 0 Å². The molecule has 1 N–H and O–H groups in total. The molecular weight excluding hydrogens is 216 g/mol. The zero-order valence-electron chi connectivity index (χ0n) is 11.4. The molecule has 1 saturated heterocycles. The summed E-state index contributed by atoms with van der Waals surface area (Å²) in [5.74, 6) is 0.218. The van der Waals surface area contributed by atoms with Crippen LogP contribution in [0.2, 0.25) is 0 Å². The Morgan fingerprint density at radius 2 is 2.29 bits per heavy atom. The molecule has 1 heterocycles. The summed E-state index contributed by atoms with van der Waals surface area (Å²) in [6.07, 6.45) is 3.53. The molecule has 0 aromatic rings. The summed E-state index contributed by atoms with van der Waals surface area (Å²) < 4.78 is 0. The van der Waals surface area contributed by atoms with Gasteiger partial charge in [0.05, 0.1) is 6.10 Å². The summed E-state index contributed by atoms with van der Waals surface area (Å²) in [6, 6.07) is 0.467. The number of likely N-dealkylation sites (tertiary alicyclic amines) is 1. The van der Waals surface area contributed by atoms with Crippen LogP contribution in [0.4, 0.5) is 0 Å². The summed E-state index contributed by atoms with van der Waals surface area (Å²) in [5.41, 5.74) is 0. The highest BCUT2D eigenvalue weighted by Gasteiger charge is 2.25. The first-order valence-corrected chi connectivity index (χ1v) is 6.70. The van der Waals surface area contributed by atoms with Gasteiger partial charge in [0.2, 0.25) is 5.91 Å². The van der Waals surface area contributed by atoms with E-state index in [1.54, 1.807) is 4.90 Å². The molecule has 100 valence electrons. The summed E-state index contributed by atoms with van der Waals surface area (Å²) in [6.45, 7) is 6.51. The van der Waals surface area contributed by atoms with Gasteiger partial charge >= 0.3 is 0 Å². The third-order valence-corrected chi connectivity index (χ3v) is 3.63.